The number of nitrogens with zero attached hydrogens (tertiary/aromatic N) is 3. The van der Waals surface area contributed by atoms with Crippen molar-refractivity contribution in [3.8, 4) is 28.2 Å². The first-order chi connectivity index (χ1) is 40.3. The molecule has 0 spiro atoms. The van der Waals surface area contributed by atoms with Gasteiger partial charge in [0.15, 0.2) is 0 Å². The Kier molecular flexibility index (Phi) is 13.7. The van der Waals surface area contributed by atoms with Crippen LogP contribution in [0.5, 0.6) is 0 Å². The molecule has 3 aromatic heterocycles. The third kappa shape index (κ3) is 9.18. The molecular formula is C76H57Br4N3. The highest BCUT2D eigenvalue weighted by molar-refractivity contribution is 9.11. The van der Waals surface area contributed by atoms with Crippen molar-refractivity contribution in [1.82, 2.24) is 13.7 Å². The lowest BCUT2D eigenvalue weighted by Gasteiger charge is -2.17. The molecule has 83 heavy (non-hydrogen) atoms. The van der Waals surface area contributed by atoms with Gasteiger partial charge in [-0.25, -0.2) is 0 Å². The van der Waals surface area contributed by atoms with Crippen LogP contribution >= 0.6 is 63.7 Å². The average molecular weight is 1330 g/mol. The molecule has 12 aromatic carbocycles. The normalized spacial score (nSPS) is 12.0. The standard InChI is InChI=1S/C36H24Br2N2.C27H24BrN.C13H9Br/c1-21-18-35(22(2)17-34(21)39-30-10-6-5-9-27(30)28-19-24(37)12-15-31(28)39)40-32-16-13-25(38)20-29(32)36-26-8-4-3-7-23(26)11-14-33(36)40;1-16(2)22-13-18(4)26(14-17(22)3)29-24-12-10-20(28)15-23(24)27-21-8-6-5-7-19(21)9-11-25(27)29;14-11-6-5-10-7-9-3-1-2-4-12(9)13(10)8-11/h3-20H,1-2H3;5-16H,1-4H3;1-6,8H,7H2. The molecule has 404 valence electrons. The molecule has 1 aliphatic rings. The predicted octanol–water partition coefficient (Wildman–Crippen LogP) is 23.6. The summed E-state index contributed by atoms with van der Waals surface area (Å²) in [4.78, 5) is 0. The van der Waals surface area contributed by atoms with E-state index in [0.717, 1.165) is 24.3 Å². The minimum atomic E-state index is 0.529. The molecule has 0 N–H and O–H groups in total. The molecule has 0 bridgehead atoms. The van der Waals surface area contributed by atoms with Gasteiger partial charge in [0.1, 0.15) is 0 Å². The summed E-state index contributed by atoms with van der Waals surface area (Å²) < 4.78 is 11.8. The summed E-state index contributed by atoms with van der Waals surface area (Å²) in [5.41, 5.74) is 23.3. The molecule has 0 unspecified atom stereocenters. The molecule has 1 aliphatic carbocycles. The van der Waals surface area contributed by atoms with E-state index in [-0.39, 0.29) is 0 Å². The van der Waals surface area contributed by atoms with Crippen molar-refractivity contribution >= 4 is 151 Å². The number of hydrogen-bond donors (Lipinski definition) is 0. The fourth-order valence-electron chi connectivity index (χ4n) is 13.3. The number of para-hydroxylation sites is 1. The molecule has 0 aliphatic heterocycles. The lowest BCUT2D eigenvalue weighted by atomic mass is 9.95. The predicted molar refractivity (Wildman–Crippen MR) is 369 cm³/mol. The van der Waals surface area contributed by atoms with Crippen molar-refractivity contribution in [1.29, 1.82) is 0 Å². The van der Waals surface area contributed by atoms with E-state index in [4.69, 9.17) is 0 Å². The zero-order chi connectivity index (χ0) is 56.9. The Hall–Kier alpha value is -7.52. The van der Waals surface area contributed by atoms with E-state index in [1.165, 1.54) is 154 Å². The van der Waals surface area contributed by atoms with E-state index < -0.39 is 0 Å². The third-order valence-corrected chi connectivity index (χ3v) is 19.0. The first-order valence-electron chi connectivity index (χ1n) is 28.3. The highest BCUT2D eigenvalue weighted by Crippen LogP contribution is 2.43. The van der Waals surface area contributed by atoms with Crippen LogP contribution in [0.4, 0.5) is 0 Å². The van der Waals surface area contributed by atoms with Crippen molar-refractivity contribution < 1.29 is 0 Å². The number of hydrogen-bond acceptors (Lipinski definition) is 0. The summed E-state index contributed by atoms with van der Waals surface area (Å²) in [6.07, 6.45) is 1.08. The number of fused-ring (bicyclic) bond motifs is 16. The van der Waals surface area contributed by atoms with E-state index in [1.54, 1.807) is 0 Å². The summed E-state index contributed by atoms with van der Waals surface area (Å²) >= 11 is 14.6. The Morgan fingerprint density at radius 2 is 0.711 bits per heavy atom. The van der Waals surface area contributed by atoms with Crippen LogP contribution in [0.15, 0.2) is 236 Å². The average Bonchev–Trinajstić information content (AvgIpc) is 2.32. The first kappa shape index (κ1) is 53.5. The number of rotatable bonds is 4. The van der Waals surface area contributed by atoms with Crippen LogP contribution in [0.1, 0.15) is 58.7 Å². The lowest BCUT2D eigenvalue weighted by molar-refractivity contribution is 0.853. The topological polar surface area (TPSA) is 14.8 Å². The van der Waals surface area contributed by atoms with E-state index in [1.807, 2.05) is 0 Å². The Labute approximate surface area is 517 Å². The Balaban J connectivity index is 0.000000124. The Morgan fingerprint density at radius 1 is 0.313 bits per heavy atom. The molecule has 0 amide bonds. The molecule has 3 nitrogen and oxygen atoms in total. The number of halogens is 4. The fourth-order valence-corrected chi connectivity index (χ4v) is 14.7. The quantitative estimate of drug-likeness (QED) is 0.167. The minimum Gasteiger partial charge on any atom is -0.309 e. The summed E-state index contributed by atoms with van der Waals surface area (Å²) in [6.45, 7) is 13.5. The molecule has 0 saturated heterocycles. The van der Waals surface area contributed by atoms with Crippen molar-refractivity contribution in [2.75, 3.05) is 0 Å². The Morgan fingerprint density at radius 3 is 1.28 bits per heavy atom. The largest absolute Gasteiger partial charge is 0.309 e. The van der Waals surface area contributed by atoms with Gasteiger partial charge >= 0.3 is 0 Å². The number of aryl methyl sites for hydroxylation is 4. The van der Waals surface area contributed by atoms with Gasteiger partial charge in [-0.2, -0.15) is 0 Å². The monoisotopic (exact) mass is 1330 g/mol. The van der Waals surface area contributed by atoms with Gasteiger partial charge in [-0.05, 0) is 215 Å². The molecule has 0 saturated carbocycles. The maximum atomic E-state index is 3.73. The van der Waals surface area contributed by atoms with Gasteiger partial charge < -0.3 is 13.7 Å². The zero-order valence-corrected chi connectivity index (χ0v) is 53.3. The molecule has 16 rings (SSSR count). The van der Waals surface area contributed by atoms with Gasteiger partial charge in [-0.15, -0.1) is 0 Å². The van der Waals surface area contributed by atoms with Crippen LogP contribution in [0.3, 0.4) is 0 Å². The maximum absolute atomic E-state index is 3.73. The number of aromatic nitrogens is 3. The third-order valence-electron chi connectivity index (χ3n) is 17.1. The van der Waals surface area contributed by atoms with Crippen LogP contribution in [0.25, 0.3) is 115 Å². The minimum absolute atomic E-state index is 0.529. The molecule has 15 aromatic rings. The second-order valence-corrected chi connectivity index (χ2v) is 26.2. The summed E-state index contributed by atoms with van der Waals surface area (Å²) in [5, 5.41) is 12.8. The summed E-state index contributed by atoms with van der Waals surface area (Å²) in [7, 11) is 0. The molecule has 7 heteroatoms. The van der Waals surface area contributed by atoms with E-state index in [0.29, 0.717) is 5.92 Å². The number of benzene rings is 12. The first-order valence-corrected chi connectivity index (χ1v) is 31.5. The van der Waals surface area contributed by atoms with E-state index in [2.05, 4.69) is 337 Å². The van der Waals surface area contributed by atoms with Crippen LogP contribution in [0.2, 0.25) is 0 Å². The highest BCUT2D eigenvalue weighted by atomic mass is 79.9. The molecule has 3 heterocycles. The zero-order valence-electron chi connectivity index (χ0n) is 46.9. The summed E-state index contributed by atoms with van der Waals surface area (Å²) in [6, 6.07) is 79.6. The molecule has 0 radical (unpaired) electrons. The lowest BCUT2D eigenvalue weighted by Crippen LogP contribution is -2.03. The second kappa shape index (κ2) is 21.3. The molecule has 0 atom stereocenters. The molecule has 0 fully saturated rings. The highest BCUT2D eigenvalue weighted by Gasteiger charge is 2.22. The van der Waals surface area contributed by atoms with E-state index >= 15 is 0 Å². The van der Waals surface area contributed by atoms with Crippen molar-refractivity contribution in [2.45, 2.75) is 53.9 Å². The van der Waals surface area contributed by atoms with Crippen LogP contribution in [-0.2, 0) is 6.42 Å². The second-order valence-electron chi connectivity index (χ2n) is 22.6. The SMILES string of the molecule is Brc1ccc2c(c1)-c1ccccc1C2.Cc1cc(-n2c3ccc(Br)cc3c3c4ccccc4ccc32)c(C)cc1-n1c2ccccc2c2cc(Br)ccc21.Cc1cc(-n2c3ccc(Br)cc3c3c4ccccc4ccc32)c(C)cc1C(C)C. The molecular weight excluding hydrogens is 1270 g/mol. The van der Waals surface area contributed by atoms with Gasteiger partial charge in [0.25, 0.3) is 0 Å². The van der Waals surface area contributed by atoms with Crippen molar-refractivity contribution in [3.05, 3.63) is 275 Å². The van der Waals surface area contributed by atoms with Crippen molar-refractivity contribution in [2.24, 2.45) is 0 Å². The van der Waals surface area contributed by atoms with Gasteiger partial charge in [-0.3, -0.25) is 0 Å². The Bertz CT molecular complexity index is 5150. The van der Waals surface area contributed by atoms with Crippen molar-refractivity contribution in [3.63, 3.8) is 0 Å². The van der Waals surface area contributed by atoms with Gasteiger partial charge in [0.2, 0.25) is 0 Å². The van der Waals surface area contributed by atoms with Gasteiger partial charge in [0.05, 0.1) is 33.1 Å². The maximum Gasteiger partial charge on any atom is 0.0547 e. The summed E-state index contributed by atoms with van der Waals surface area (Å²) in [5.74, 6) is 0.529. The van der Waals surface area contributed by atoms with Crippen LogP contribution < -0.4 is 0 Å². The van der Waals surface area contributed by atoms with Crippen LogP contribution in [0, 0.1) is 27.7 Å². The smallest absolute Gasteiger partial charge is 0.0547 e. The van der Waals surface area contributed by atoms with Crippen LogP contribution in [-0.4, -0.2) is 13.7 Å². The van der Waals surface area contributed by atoms with Gasteiger partial charge in [-0.1, -0.05) is 193 Å². The van der Waals surface area contributed by atoms with Gasteiger partial charge in [0, 0.05) is 67.3 Å². The fraction of sp³-hybridized carbons (Fsp3) is 0.105. The van der Waals surface area contributed by atoms with E-state index in [9.17, 15) is 0 Å².